The summed E-state index contributed by atoms with van der Waals surface area (Å²) in [5, 5.41) is 14.3. The Morgan fingerprint density at radius 2 is 1.60 bits per heavy atom. The maximum Gasteiger partial charge on any atom is 0.313 e. The van der Waals surface area contributed by atoms with E-state index in [1.165, 1.54) is 38.5 Å². The summed E-state index contributed by atoms with van der Waals surface area (Å²) in [6.45, 7) is 1.76. The molecule has 2 rings (SSSR count). The fourth-order valence-electron chi connectivity index (χ4n) is 2.20. The van der Waals surface area contributed by atoms with E-state index in [-0.39, 0.29) is 5.75 Å². The van der Waals surface area contributed by atoms with Crippen LogP contribution in [0.5, 0.6) is 17.2 Å². The summed E-state index contributed by atoms with van der Waals surface area (Å²) in [4.78, 5) is 24.0. The minimum Gasteiger partial charge on any atom is -0.508 e. The highest BCUT2D eigenvalue weighted by Gasteiger charge is 2.18. The van der Waals surface area contributed by atoms with Crippen molar-refractivity contribution >= 4 is 17.5 Å². The molecule has 3 N–H and O–H groups in total. The zero-order valence-corrected chi connectivity index (χ0v) is 14.2. The summed E-state index contributed by atoms with van der Waals surface area (Å²) in [7, 11) is 3.06. The molecule has 0 bridgehead atoms. The highest BCUT2D eigenvalue weighted by atomic mass is 16.5. The molecule has 0 radical (unpaired) electrons. The van der Waals surface area contributed by atoms with Crippen LogP contribution < -0.4 is 20.1 Å². The second-order valence-corrected chi connectivity index (χ2v) is 5.31. The molecule has 7 nitrogen and oxygen atoms in total. The SMILES string of the molecule is COc1ccc(C(C)NC(=O)C(=O)Nc2ccc(O)cc2)cc1OC. The largest absolute Gasteiger partial charge is 0.508 e. The number of anilines is 1. The molecule has 0 fully saturated rings. The number of aromatic hydroxyl groups is 1. The predicted octanol–water partition coefficient (Wildman–Crippen LogP) is 2.23. The third-order valence-electron chi connectivity index (χ3n) is 3.59. The van der Waals surface area contributed by atoms with E-state index in [2.05, 4.69) is 10.6 Å². The van der Waals surface area contributed by atoms with Crippen LogP contribution >= 0.6 is 0 Å². The van der Waals surface area contributed by atoms with Crippen LogP contribution in [0.15, 0.2) is 42.5 Å². The lowest BCUT2D eigenvalue weighted by atomic mass is 10.1. The van der Waals surface area contributed by atoms with E-state index in [9.17, 15) is 14.7 Å². The Balaban J connectivity index is 2.01. The first-order chi connectivity index (χ1) is 11.9. The van der Waals surface area contributed by atoms with Crippen molar-refractivity contribution in [2.24, 2.45) is 0 Å². The molecule has 0 aliphatic carbocycles. The number of rotatable bonds is 5. The topological polar surface area (TPSA) is 96.9 Å². The summed E-state index contributed by atoms with van der Waals surface area (Å²) < 4.78 is 10.4. The van der Waals surface area contributed by atoms with E-state index in [1.807, 2.05) is 0 Å². The van der Waals surface area contributed by atoms with Gasteiger partial charge in [-0.05, 0) is 48.9 Å². The molecule has 25 heavy (non-hydrogen) atoms. The molecule has 0 heterocycles. The average Bonchev–Trinajstić information content (AvgIpc) is 2.62. The van der Waals surface area contributed by atoms with E-state index in [1.54, 1.807) is 25.1 Å². The monoisotopic (exact) mass is 344 g/mol. The van der Waals surface area contributed by atoms with Gasteiger partial charge >= 0.3 is 11.8 Å². The predicted molar refractivity (Wildman–Crippen MR) is 92.8 cm³/mol. The lowest BCUT2D eigenvalue weighted by Crippen LogP contribution is -2.36. The molecule has 7 heteroatoms. The van der Waals surface area contributed by atoms with E-state index < -0.39 is 17.9 Å². The lowest BCUT2D eigenvalue weighted by Gasteiger charge is -2.16. The van der Waals surface area contributed by atoms with Crippen LogP contribution in [-0.2, 0) is 9.59 Å². The van der Waals surface area contributed by atoms with Gasteiger partial charge in [0.15, 0.2) is 11.5 Å². The van der Waals surface area contributed by atoms with Crippen LogP contribution in [0.25, 0.3) is 0 Å². The van der Waals surface area contributed by atoms with Crippen molar-refractivity contribution < 1.29 is 24.2 Å². The zero-order chi connectivity index (χ0) is 18.4. The number of hydrogen-bond acceptors (Lipinski definition) is 5. The smallest absolute Gasteiger partial charge is 0.313 e. The van der Waals surface area contributed by atoms with Crippen molar-refractivity contribution in [3.05, 3.63) is 48.0 Å². The first kappa shape index (κ1) is 18.1. The van der Waals surface area contributed by atoms with Gasteiger partial charge in [-0.2, -0.15) is 0 Å². The summed E-state index contributed by atoms with van der Waals surface area (Å²) in [6, 6.07) is 10.7. The Hall–Kier alpha value is -3.22. The molecule has 0 spiro atoms. The summed E-state index contributed by atoms with van der Waals surface area (Å²) in [5.74, 6) is -0.373. The van der Waals surface area contributed by atoms with Crippen LogP contribution in [0.2, 0.25) is 0 Å². The first-order valence-corrected chi connectivity index (χ1v) is 7.57. The number of hydrogen-bond donors (Lipinski definition) is 3. The molecular formula is C18H20N2O5. The number of carbonyl (C=O) groups excluding carboxylic acids is 2. The van der Waals surface area contributed by atoms with Crippen LogP contribution in [0, 0.1) is 0 Å². The number of nitrogens with one attached hydrogen (secondary N) is 2. The van der Waals surface area contributed by atoms with Crippen molar-refractivity contribution in [1.29, 1.82) is 0 Å². The van der Waals surface area contributed by atoms with Crippen molar-refractivity contribution in [3.63, 3.8) is 0 Å². The second kappa shape index (κ2) is 8.05. The molecule has 0 aliphatic heterocycles. The van der Waals surface area contributed by atoms with Gasteiger partial charge in [0.1, 0.15) is 5.75 Å². The lowest BCUT2D eigenvalue weighted by molar-refractivity contribution is -0.136. The van der Waals surface area contributed by atoms with Crippen LogP contribution in [-0.4, -0.2) is 31.1 Å². The van der Waals surface area contributed by atoms with Crippen molar-refractivity contribution in [2.75, 3.05) is 19.5 Å². The van der Waals surface area contributed by atoms with E-state index in [0.717, 1.165) is 5.56 Å². The minimum atomic E-state index is -0.794. The van der Waals surface area contributed by atoms with E-state index in [4.69, 9.17) is 9.47 Å². The molecule has 2 aromatic carbocycles. The maximum absolute atomic E-state index is 12.0. The first-order valence-electron chi connectivity index (χ1n) is 7.57. The van der Waals surface area contributed by atoms with Crippen molar-refractivity contribution in [1.82, 2.24) is 5.32 Å². The molecule has 0 aliphatic rings. The zero-order valence-electron chi connectivity index (χ0n) is 14.2. The number of amides is 2. The number of ether oxygens (including phenoxy) is 2. The van der Waals surface area contributed by atoms with Crippen LogP contribution in [0.1, 0.15) is 18.5 Å². The number of carbonyl (C=O) groups is 2. The van der Waals surface area contributed by atoms with Gasteiger partial charge in [-0.3, -0.25) is 9.59 Å². The molecular weight excluding hydrogens is 324 g/mol. The van der Waals surface area contributed by atoms with Crippen LogP contribution in [0.4, 0.5) is 5.69 Å². The third-order valence-corrected chi connectivity index (χ3v) is 3.59. The summed E-state index contributed by atoms with van der Waals surface area (Å²) in [6.07, 6.45) is 0. The molecule has 132 valence electrons. The number of methoxy groups -OCH3 is 2. The maximum atomic E-state index is 12.0. The van der Waals surface area contributed by atoms with Gasteiger partial charge in [-0.15, -0.1) is 0 Å². The Morgan fingerprint density at radius 1 is 0.960 bits per heavy atom. The number of phenols is 1. The molecule has 2 amide bonds. The minimum absolute atomic E-state index is 0.0736. The van der Waals surface area contributed by atoms with E-state index in [0.29, 0.717) is 17.2 Å². The Morgan fingerprint density at radius 3 is 2.20 bits per heavy atom. The molecule has 2 aromatic rings. The van der Waals surface area contributed by atoms with Crippen molar-refractivity contribution in [2.45, 2.75) is 13.0 Å². The Bertz CT molecular complexity index is 759. The third kappa shape index (κ3) is 4.63. The molecule has 0 aromatic heterocycles. The fourth-order valence-corrected chi connectivity index (χ4v) is 2.20. The molecule has 0 saturated carbocycles. The van der Waals surface area contributed by atoms with Gasteiger partial charge in [0.25, 0.3) is 0 Å². The highest BCUT2D eigenvalue weighted by Crippen LogP contribution is 2.29. The van der Waals surface area contributed by atoms with Gasteiger partial charge in [0.05, 0.1) is 20.3 Å². The number of phenolic OH excluding ortho intramolecular Hbond substituents is 1. The van der Waals surface area contributed by atoms with Gasteiger partial charge in [-0.25, -0.2) is 0 Å². The van der Waals surface area contributed by atoms with E-state index >= 15 is 0 Å². The normalized spacial score (nSPS) is 11.3. The summed E-state index contributed by atoms with van der Waals surface area (Å²) in [5.41, 5.74) is 1.18. The molecule has 1 unspecified atom stereocenters. The van der Waals surface area contributed by atoms with Gasteiger partial charge < -0.3 is 25.2 Å². The Labute approximate surface area is 145 Å². The van der Waals surface area contributed by atoms with Gasteiger partial charge in [-0.1, -0.05) is 6.07 Å². The standard InChI is InChI=1S/C18H20N2O5/c1-11(12-4-9-15(24-2)16(10-12)25-3)19-17(22)18(23)20-13-5-7-14(21)8-6-13/h4-11,21H,1-3H3,(H,19,22)(H,20,23). The highest BCUT2D eigenvalue weighted by molar-refractivity contribution is 6.39. The van der Waals surface area contributed by atoms with Gasteiger partial charge in [0, 0.05) is 5.69 Å². The number of benzene rings is 2. The summed E-state index contributed by atoms with van der Waals surface area (Å²) >= 11 is 0. The van der Waals surface area contributed by atoms with Gasteiger partial charge in [0.2, 0.25) is 0 Å². The van der Waals surface area contributed by atoms with Crippen LogP contribution in [0.3, 0.4) is 0 Å². The Kier molecular flexibility index (Phi) is 5.84. The molecule has 1 atom stereocenters. The molecule has 0 saturated heterocycles. The quantitative estimate of drug-likeness (QED) is 0.571. The van der Waals surface area contributed by atoms with Crippen molar-refractivity contribution in [3.8, 4) is 17.2 Å². The average molecular weight is 344 g/mol. The second-order valence-electron chi connectivity index (χ2n) is 5.31. The fraction of sp³-hybridized carbons (Fsp3) is 0.222.